The van der Waals surface area contributed by atoms with Gasteiger partial charge in [0.15, 0.2) is 0 Å². The molecule has 0 aliphatic carbocycles. The lowest BCUT2D eigenvalue weighted by Crippen LogP contribution is -2.16. The maximum atomic E-state index is 11.9. The number of nitrogens with zero attached hydrogens (tertiary/aromatic N) is 1. The van der Waals surface area contributed by atoms with Crippen molar-refractivity contribution in [1.82, 2.24) is 0 Å². The highest BCUT2D eigenvalue weighted by Crippen LogP contribution is 2.15. The molecular formula is C18H19N3O. The molecule has 0 unspecified atom stereocenters. The van der Waals surface area contributed by atoms with Gasteiger partial charge in [-0.25, -0.2) is 0 Å². The van der Waals surface area contributed by atoms with Crippen LogP contribution < -0.4 is 10.6 Å². The zero-order chi connectivity index (χ0) is 15.8. The lowest BCUT2D eigenvalue weighted by atomic mass is 10.1. The number of anilines is 2. The second kappa shape index (κ2) is 7.84. The smallest absolute Gasteiger partial charge is 0.226 e. The Hall–Kier alpha value is -2.80. The average molecular weight is 293 g/mol. The minimum absolute atomic E-state index is 0.0726. The molecule has 0 spiro atoms. The number of hydrogen-bond donors (Lipinski definition) is 2. The largest absolute Gasteiger partial charge is 0.384 e. The summed E-state index contributed by atoms with van der Waals surface area (Å²) in [6.07, 6.45) is 1.32. The highest BCUT2D eigenvalue weighted by atomic mass is 16.1. The molecule has 1 amide bonds. The fourth-order valence-electron chi connectivity index (χ4n) is 2.20. The molecule has 4 heteroatoms. The predicted octanol–water partition coefficient (Wildman–Crippen LogP) is 3.56. The molecule has 0 aromatic heterocycles. The maximum absolute atomic E-state index is 11.9. The molecule has 0 aliphatic rings. The van der Waals surface area contributed by atoms with Crippen LogP contribution in [0.4, 0.5) is 11.4 Å². The molecule has 0 radical (unpaired) electrons. The Morgan fingerprint density at radius 1 is 1.18 bits per heavy atom. The topological polar surface area (TPSA) is 64.9 Å². The van der Waals surface area contributed by atoms with Gasteiger partial charge in [0.1, 0.15) is 0 Å². The molecule has 0 saturated heterocycles. The Balaban J connectivity index is 1.84. The molecule has 0 saturated carbocycles. The summed E-state index contributed by atoms with van der Waals surface area (Å²) in [7, 11) is 0. The molecule has 4 nitrogen and oxygen atoms in total. The summed E-state index contributed by atoms with van der Waals surface area (Å²) in [6, 6.07) is 17.1. The van der Waals surface area contributed by atoms with Crippen molar-refractivity contribution >= 4 is 17.3 Å². The SMILES string of the molecule is CCc1ccccc1NCCC(=O)Nc1cccc(C#N)c1. The van der Waals surface area contributed by atoms with Crippen LogP contribution in [0, 0.1) is 11.3 Å². The van der Waals surface area contributed by atoms with E-state index < -0.39 is 0 Å². The van der Waals surface area contributed by atoms with E-state index in [4.69, 9.17) is 5.26 Å². The van der Waals surface area contributed by atoms with Gasteiger partial charge in [0, 0.05) is 24.3 Å². The molecule has 2 aromatic carbocycles. The second-order valence-electron chi connectivity index (χ2n) is 4.93. The van der Waals surface area contributed by atoms with Crippen molar-refractivity contribution in [3.63, 3.8) is 0 Å². The number of carbonyl (C=O) groups is 1. The van der Waals surface area contributed by atoms with Crippen LogP contribution in [0.3, 0.4) is 0 Å². The minimum atomic E-state index is -0.0726. The van der Waals surface area contributed by atoms with Gasteiger partial charge in [-0.05, 0) is 36.2 Å². The first kappa shape index (κ1) is 15.6. The molecule has 2 N–H and O–H groups in total. The molecule has 0 bridgehead atoms. The number of rotatable bonds is 6. The summed E-state index contributed by atoms with van der Waals surface area (Å²) < 4.78 is 0. The van der Waals surface area contributed by atoms with E-state index in [1.54, 1.807) is 24.3 Å². The number of nitrogens with one attached hydrogen (secondary N) is 2. The third-order valence-corrected chi connectivity index (χ3v) is 3.34. The van der Waals surface area contributed by atoms with Gasteiger partial charge >= 0.3 is 0 Å². The zero-order valence-electron chi connectivity index (χ0n) is 12.6. The molecule has 0 atom stereocenters. The van der Waals surface area contributed by atoms with Gasteiger partial charge in [-0.15, -0.1) is 0 Å². The van der Waals surface area contributed by atoms with Gasteiger partial charge in [0.25, 0.3) is 0 Å². The minimum Gasteiger partial charge on any atom is -0.384 e. The standard InChI is InChI=1S/C18H19N3O/c1-2-15-7-3-4-9-17(15)20-11-10-18(22)21-16-8-5-6-14(12-16)13-19/h3-9,12,20H,2,10-11H2,1H3,(H,21,22). The van der Waals surface area contributed by atoms with Gasteiger partial charge in [0.2, 0.25) is 5.91 Å². The highest BCUT2D eigenvalue weighted by molar-refractivity contribution is 5.91. The molecule has 22 heavy (non-hydrogen) atoms. The fraction of sp³-hybridized carbons (Fsp3) is 0.222. The summed E-state index contributed by atoms with van der Waals surface area (Å²) in [5.41, 5.74) is 3.50. The van der Waals surface area contributed by atoms with E-state index in [1.165, 1.54) is 5.56 Å². The van der Waals surface area contributed by atoms with Crippen molar-refractivity contribution in [2.45, 2.75) is 19.8 Å². The van der Waals surface area contributed by atoms with Crippen molar-refractivity contribution in [2.75, 3.05) is 17.2 Å². The Labute approximate surface area is 130 Å². The summed E-state index contributed by atoms with van der Waals surface area (Å²) >= 11 is 0. The van der Waals surface area contributed by atoms with E-state index in [9.17, 15) is 4.79 Å². The fourth-order valence-corrected chi connectivity index (χ4v) is 2.20. The molecule has 0 fully saturated rings. The lowest BCUT2D eigenvalue weighted by Gasteiger charge is -2.11. The molecule has 2 aromatic rings. The van der Waals surface area contributed by atoms with Gasteiger partial charge in [-0.2, -0.15) is 5.26 Å². The van der Waals surface area contributed by atoms with Crippen LogP contribution in [0.25, 0.3) is 0 Å². The van der Waals surface area contributed by atoms with Crippen LogP contribution in [0.5, 0.6) is 0 Å². The van der Waals surface area contributed by atoms with E-state index in [0.717, 1.165) is 12.1 Å². The van der Waals surface area contributed by atoms with Crippen molar-refractivity contribution < 1.29 is 4.79 Å². The summed E-state index contributed by atoms with van der Waals surface area (Å²) in [4.78, 5) is 11.9. The summed E-state index contributed by atoms with van der Waals surface area (Å²) in [5, 5.41) is 14.9. The highest BCUT2D eigenvalue weighted by Gasteiger charge is 2.04. The van der Waals surface area contributed by atoms with Crippen LogP contribution in [-0.2, 0) is 11.2 Å². The van der Waals surface area contributed by atoms with Crippen LogP contribution in [-0.4, -0.2) is 12.5 Å². The van der Waals surface area contributed by atoms with E-state index in [2.05, 4.69) is 29.7 Å². The van der Waals surface area contributed by atoms with E-state index in [0.29, 0.717) is 24.2 Å². The molecule has 0 heterocycles. The first-order valence-corrected chi connectivity index (χ1v) is 7.34. The Bertz CT molecular complexity index is 689. The second-order valence-corrected chi connectivity index (χ2v) is 4.93. The van der Waals surface area contributed by atoms with Crippen LogP contribution >= 0.6 is 0 Å². The number of para-hydroxylation sites is 1. The number of hydrogen-bond acceptors (Lipinski definition) is 3. The number of carbonyl (C=O) groups excluding carboxylic acids is 1. The van der Waals surface area contributed by atoms with Crippen molar-refractivity contribution in [1.29, 1.82) is 5.26 Å². The molecule has 2 rings (SSSR count). The van der Waals surface area contributed by atoms with E-state index in [1.807, 2.05) is 18.2 Å². The van der Waals surface area contributed by atoms with Crippen LogP contribution in [0.1, 0.15) is 24.5 Å². The van der Waals surface area contributed by atoms with Gasteiger partial charge in [-0.3, -0.25) is 4.79 Å². The van der Waals surface area contributed by atoms with Crippen molar-refractivity contribution in [3.8, 4) is 6.07 Å². The predicted molar refractivity (Wildman–Crippen MR) is 88.7 cm³/mol. The Morgan fingerprint density at radius 2 is 2.00 bits per heavy atom. The molecule has 0 aliphatic heterocycles. The Morgan fingerprint density at radius 3 is 2.77 bits per heavy atom. The first-order chi connectivity index (χ1) is 10.7. The number of nitriles is 1. The Kier molecular flexibility index (Phi) is 5.56. The van der Waals surface area contributed by atoms with Gasteiger partial charge in [-0.1, -0.05) is 31.2 Å². The summed E-state index contributed by atoms with van der Waals surface area (Å²) in [6.45, 7) is 2.68. The van der Waals surface area contributed by atoms with E-state index >= 15 is 0 Å². The quantitative estimate of drug-likeness (QED) is 0.856. The van der Waals surface area contributed by atoms with Gasteiger partial charge in [0.05, 0.1) is 11.6 Å². The number of amides is 1. The molecular weight excluding hydrogens is 274 g/mol. The average Bonchev–Trinajstić information content (AvgIpc) is 2.55. The van der Waals surface area contributed by atoms with E-state index in [-0.39, 0.29) is 5.91 Å². The lowest BCUT2D eigenvalue weighted by molar-refractivity contribution is -0.115. The van der Waals surface area contributed by atoms with Gasteiger partial charge < -0.3 is 10.6 Å². The number of benzene rings is 2. The zero-order valence-corrected chi connectivity index (χ0v) is 12.6. The van der Waals surface area contributed by atoms with Crippen LogP contribution in [0.15, 0.2) is 48.5 Å². The maximum Gasteiger partial charge on any atom is 0.226 e. The molecule has 112 valence electrons. The summed E-state index contributed by atoms with van der Waals surface area (Å²) in [5.74, 6) is -0.0726. The third kappa shape index (κ3) is 4.35. The van der Waals surface area contributed by atoms with Crippen LogP contribution in [0.2, 0.25) is 0 Å². The third-order valence-electron chi connectivity index (χ3n) is 3.34. The normalized spacial score (nSPS) is 9.82. The van der Waals surface area contributed by atoms with Crippen molar-refractivity contribution in [2.24, 2.45) is 0 Å². The van der Waals surface area contributed by atoms with Crippen molar-refractivity contribution in [3.05, 3.63) is 59.7 Å². The first-order valence-electron chi connectivity index (χ1n) is 7.34. The monoisotopic (exact) mass is 293 g/mol. The number of aryl methyl sites for hydroxylation is 1.